The smallest absolute Gasteiger partial charge is 0.393 e. The molecule has 0 bridgehead atoms. The molecule has 2 N–H and O–H groups in total. The molecule has 1 aliphatic heterocycles. The van der Waals surface area contributed by atoms with Crippen molar-refractivity contribution < 1.29 is 36.2 Å². The van der Waals surface area contributed by atoms with Gasteiger partial charge in [-0.2, -0.15) is 18.4 Å². The van der Waals surface area contributed by atoms with Crippen molar-refractivity contribution >= 4 is 21.8 Å². The Morgan fingerprint density at radius 2 is 1.84 bits per heavy atom. The number of aliphatic hydroxyl groups excluding tert-OH is 1. The lowest BCUT2D eigenvalue weighted by atomic mass is 10.1. The van der Waals surface area contributed by atoms with Crippen LogP contribution in [-0.2, 0) is 28.0 Å². The number of halogens is 4. The Kier molecular flexibility index (Phi) is 6.64. The predicted octanol–water partition coefficient (Wildman–Crippen LogP) is 1.95. The highest BCUT2D eigenvalue weighted by Crippen LogP contribution is 2.37. The molecule has 2 aromatic carbocycles. The standard InChI is InChI=1S/C19H16F4N2O4S2/c20-13-3-6-16(15(7-13)19(21,22)23)31(29)25-9-17(18(27,10-25)11-26)30(28)14-4-1-12(8-24)2-5-14/h1-7,17,26-27H,9-11H2/t17-,18?,30?,31?/m0/s1. The molecule has 1 fully saturated rings. The molecule has 0 saturated carbocycles. The molecule has 1 aliphatic rings. The summed E-state index contributed by atoms with van der Waals surface area (Å²) in [5.74, 6) is -1.15. The molecule has 6 nitrogen and oxygen atoms in total. The molecular formula is C19H16F4N2O4S2. The lowest BCUT2D eigenvalue weighted by Crippen LogP contribution is -2.47. The Labute approximate surface area is 179 Å². The van der Waals surface area contributed by atoms with Crippen molar-refractivity contribution in [1.82, 2.24) is 4.31 Å². The summed E-state index contributed by atoms with van der Waals surface area (Å²) in [7, 11) is -4.41. The largest absolute Gasteiger partial charge is 0.417 e. The molecule has 3 unspecified atom stereocenters. The Morgan fingerprint density at radius 1 is 1.19 bits per heavy atom. The third kappa shape index (κ3) is 4.70. The predicted molar refractivity (Wildman–Crippen MR) is 103 cm³/mol. The van der Waals surface area contributed by atoms with Gasteiger partial charge in [0.2, 0.25) is 0 Å². The maximum absolute atomic E-state index is 13.4. The number of hydrogen-bond donors (Lipinski definition) is 2. The van der Waals surface area contributed by atoms with Gasteiger partial charge in [-0.25, -0.2) is 12.9 Å². The summed E-state index contributed by atoms with van der Waals surface area (Å²) in [5, 5.41) is 28.1. The first-order valence-electron chi connectivity index (χ1n) is 8.78. The fraction of sp³-hybridized carbons (Fsp3) is 0.316. The van der Waals surface area contributed by atoms with E-state index in [-0.39, 0.29) is 17.5 Å². The number of hydrogen-bond acceptors (Lipinski definition) is 5. The highest BCUT2D eigenvalue weighted by molar-refractivity contribution is 7.86. The average molecular weight is 476 g/mol. The summed E-state index contributed by atoms with van der Waals surface area (Å²) < 4.78 is 80.1. The quantitative estimate of drug-likeness (QED) is 0.643. The minimum absolute atomic E-state index is 0.223. The third-order valence-electron chi connectivity index (χ3n) is 4.84. The van der Waals surface area contributed by atoms with E-state index in [1.807, 2.05) is 6.07 Å². The zero-order valence-electron chi connectivity index (χ0n) is 15.7. The molecule has 1 saturated heterocycles. The van der Waals surface area contributed by atoms with E-state index in [1.54, 1.807) is 0 Å². The molecule has 0 aliphatic carbocycles. The molecule has 3 rings (SSSR count). The molecule has 31 heavy (non-hydrogen) atoms. The molecule has 12 heteroatoms. The first kappa shape index (κ1) is 23.5. The second-order valence-corrected chi connectivity index (χ2v) is 9.98. The van der Waals surface area contributed by atoms with Crippen molar-refractivity contribution in [2.24, 2.45) is 0 Å². The molecule has 166 valence electrons. The lowest BCUT2D eigenvalue weighted by molar-refractivity contribution is -0.140. The van der Waals surface area contributed by atoms with Gasteiger partial charge >= 0.3 is 6.18 Å². The first-order chi connectivity index (χ1) is 14.5. The van der Waals surface area contributed by atoms with Crippen LogP contribution in [0.1, 0.15) is 11.1 Å². The summed E-state index contributed by atoms with van der Waals surface area (Å²) in [5.41, 5.74) is -3.12. The molecular weight excluding hydrogens is 460 g/mol. The van der Waals surface area contributed by atoms with Gasteiger partial charge in [-0.05, 0) is 42.5 Å². The van der Waals surface area contributed by atoms with Crippen molar-refractivity contribution in [3.8, 4) is 6.07 Å². The second-order valence-electron chi connectivity index (χ2n) is 6.89. The van der Waals surface area contributed by atoms with Crippen LogP contribution in [0.4, 0.5) is 17.6 Å². The van der Waals surface area contributed by atoms with Crippen LogP contribution in [0.15, 0.2) is 52.3 Å². The van der Waals surface area contributed by atoms with E-state index in [0.29, 0.717) is 5.56 Å². The SMILES string of the molecule is N#Cc1ccc(S(=O)[C@H]2CN(S(=O)c3ccc(F)cc3C(F)(F)F)CC2(O)CO)cc1. The van der Waals surface area contributed by atoms with Crippen LogP contribution < -0.4 is 0 Å². The van der Waals surface area contributed by atoms with E-state index in [0.717, 1.165) is 16.4 Å². The first-order valence-corrected chi connectivity index (χ1v) is 11.1. The van der Waals surface area contributed by atoms with Crippen LogP contribution in [0.2, 0.25) is 0 Å². The van der Waals surface area contributed by atoms with Crippen LogP contribution in [0.25, 0.3) is 0 Å². The fourth-order valence-corrected chi connectivity index (χ4v) is 6.36. The highest BCUT2D eigenvalue weighted by atomic mass is 32.2. The van der Waals surface area contributed by atoms with Crippen LogP contribution in [-0.4, -0.2) is 53.5 Å². The molecule has 4 atom stereocenters. The van der Waals surface area contributed by atoms with Gasteiger partial charge < -0.3 is 10.2 Å². The summed E-state index contributed by atoms with van der Waals surface area (Å²) in [4.78, 5) is -0.486. The Morgan fingerprint density at radius 3 is 2.39 bits per heavy atom. The fourth-order valence-electron chi connectivity index (χ4n) is 3.21. The number of rotatable bonds is 5. The van der Waals surface area contributed by atoms with Gasteiger partial charge in [0.05, 0.1) is 44.7 Å². The van der Waals surface area contributed by atoms with Gasteiger partial charge in [0, 0.05) is 18.0 Å². The zero-order valence-corrected chi connectivity index (χ0v) is 17.3. The molecule has 1 heterocycles. The summed E-state index contributed by atoms with van der Waals surface area (Å²) in [6, 6.07) is 9.22. The number of aliphatic hydroxyl groups is 2. The van der Waals surface area contributed by atoms with Crippen LogP contribution in [0.5, 0.6) is 0 Å². The Hall–Kier alpha value is -2.17. The summed E-state index contributed by atoms with van der Waals surface area (Å²) in [6.07, 6.45) is -4.97. The molecule has 0 amide bonds. The Balaban J connectivity index is 1.93. The topological polar surface area (TPSA) is 102 Å². The van der Waals surface area contributed by atoms with Crippen molar-refractivity contribution in [3.63, 3.8) is 0 Å². The molecule has 0 radical (unpaired) electrons. The van der Waals surface area contributed by atoms with Crippen molar-refractivity contribution in [1.29, 1.82) is 5.26 Å². The average Bonchev–Trinajstić information content (AvgIpc) is 3.10. The maximum atomic E-state index is 13.4. The minimum atomic E-state index is -4.97. The summed E-state index contributed by atoms with van der Waals surface area (Å²) >= 11 is 0. The van der Waals surface area contributed by atoms with Crippen molar-refractivity contribution in [2.45, 2.75) is 26.8 Å². The monoisotopic (exact) mass is 476 g/mol. The van der Waals surface area contributed by atoms with Crippen molar-refractivity contribution in [3.05, 3.63) is 59.4 Å². The van der Waals surface area contributed by atoms with Gasteiger partial charge in [-0.15, -0.1) is 0 Å². The molecule has 0 aromatic heterocycles. The summed E-state index contributed by atoms with van der Waals surface area (Å²) in [6.45, 7) is -1.74. The van der Waals surface area contributed by atoms with Crippen LogP contribution in [0.3, 0.4) is 0 Å². The number of nitrogens with zero attached hydrogens (tertiary/aromatic N) is 2. The number of alkyl halides is 3. The lowest BCUT2D eigenvalue weighted by Gasteiger charge is -2.26. The van der Waals surface area contributed by atoms with E-state index >= 15 is 0 Å². The van der Waals surface area contributed by atoms with E-state index in [2.05, 4.69) is 0 Å². The van der Waals surface area contributed by atoms with Gasteiger partial charge in [0.15, 0.2) is 0 Å². The zero-order chi connectivity index (χ0) is 23.0. The maximum Gasteiger partial charge on any atom is 0.417 e. The van der Waals surface area contributed by atoms with Crippen LogP contribution in [0, 0.1) is 17.1 Å². The normalized spacial score (nSPS) is 24.0. The van der Waals surface area contributed by atoms with Gasteiger partial charge in [0.1, 0.15) is 22.4 Å². The van der Waals surface area contributed by atoms with Crippen molar-refractivity contribution in [2.75, 3.05) is 19.7 Å². The third-order valence-corrected chi connectivity index (χ3v) is 8.16. The number of benzene rings is 2. The molecule has 2 aromatic rings. The van der Waals surface area contributed by atoms with Gasteiger partial charge in [-0.1, -0.05) is 0 Å². The second kappa shape index (κ2) is 8.76. The molecule has 0 spiro atoms. The Bertz CT molecular complexity index is 1070. The van der Waals surface area contributed by atoms with E-state index in [1.165, 1.54) is 24.3 Å². The highest BCUT2D eigenvalue weighted by Gasteiger charge is 2.51. The number of nitriles is 1. The number of β-amino-alcohol motifs (C(OH)–C–C–N with tert-alkyl or cyclic N) is 1. The van der Waals surface area contributed by atoms with E-state index in [9.17, 15) is 36.2 Å². The van der Waals surface area contributed by atoms with E-state index in [4.69, 9.17) is 5.26 Å². The van der Waals surface area contributed by atoms with Crippen LogP contribution >= 0.6 is 0 Å². The van der Waals surface area contributed by atoms with E-state index < -0.39 is 68.2 Å². The van der Waals surface area contributed by atoms with Gasteiger partial charge in [0.25, 0.3) is 0 Å². The van der Waals surface area contributed by atoms with Gasteiger partial charge in [-0.3, -0.25) is 4.21 Å². The minimum Gasteiger partial charge on any atom is -0.393 e.